The quantitative estimate of drug-likeness (QED) is 0.698. The lowest BCUT2D eigenvalue weighted by Gasteiger charge is -2.36. The second-order valence-corrected chi connectivity index (χ2v) is 6.83. The average molecular weight is 263 g/mol. The molecule has 0 spiro atoms. The molecule has 2 saturated carbocycles. The maximum absolute atomic E-state index is 3.74. The molecule has 0 saturated heterocycles. The smallest absolute Gasteiger partial charge is 0.0258 e. The molecule has 0 aromatic carbocycles. The summed E-state index contributed by atoms with van der Waals surface area (Å²) in [6.07, 6.45) is 18.1. The number of rotatable bonds is 5. The molecule has 0 heterocycles. The lowest BCUT2D eigenvalue weighted by molar-refractivity contribution is 0.180. The second-order valence-electron chi connectivity index (χ2n) is 6.83. The van der Waals surface area contributed by atoms with E-state index in [2.05, 4.69) is 25.2 Å². The van der Waals surface area contributed by atoms with Gasteiger partial charge in [-0.2, -0.15) is 0 Å². The van der Waals surface area contributed by atoms with Crippen molar-refractivity contribution in [3.63, 3.8) is 0 Å². The van der Waals surface area contributed by atoms with Gasteiger partial charge in [-0.15, -0.1) is 0 Å². The van der Waals surface area contributed by atoms with E-state index in [0.717, 1.165) is 17.9 Å². The van der Waals surface area contributed by atoms with E-state index in [-0.39, 0.29) is 0 Å². The standard InChI is InChI=1S/C18H33N/c1-3-4-8-15(2)19-18-13-11-17(12-14-18)16-9-6-5-7-10-16/h8,16-19H,3-7,9-14H2,1-2H3/b15-8+. The highest BCUT2D eigenvalue weighted by molar-refractivity contribution is 4.98. The predicted molar refractivity (Wildman–Crippen MR) is 84.1 cm³/mol. The Hall–Kier alpha value is -0.460. The van der Waals surface area contributed by atoms with Crippen LogP contribution in [0.5, 0.6) is 0 Å². The number of nitrogens with one attached hydrogen (secondary N) is 1. The molecule has 19 heavy (non-hydrogen) atoms. The Bertz CT molecular complexity index is 267. The molecule has 2 aliphatic rings. The highest BCUT2D eigenvalue weighted by Gasteiger charge is 2.28. The fourth-order valence-electron chi connectivity index (χ4n) is 4.08. The topological polar surface area (TPSA) is 12.0 Å². The minimum atomic E-state index is 0.757. The molecule has 1 N–H and O–H groups in total. The lowest BCUT2D eigenvalue weighted by Crippen LogP contribution is -2.34. The number of hydrogen-bond acceptors (Lipinski definition) is 1. The molecule has 2 rings (SSSR count). The number of allylic oxidation sites excluding steroid dienone is 2. The predicted octanol–water partition coefficient (Wildman–Crippen LogP) is 5.42. The maximum atomic E-state index is 3.74. The summed E-state index contributed by atoms with van der Waals surface area (Å²) in [7, 11) is 0. The van der Waals surface area contributed by atoms with Gasteiger partial charge in [-0.3, -0.25) is 0 Å². The van der Waals surface area contributed by atoms with Crippen LogP contribution in [0.15, 0.2) is 11.8 Å². The summed E-state index contributed by atoms with van der Waals surface area (Å²) < 4.78 is 0. The summed E-state index contributed by atoms with van der Waals surface area (Å²) >= 11 is 0. The van der Waals surface area contributed by atoms with Crippen LogP contribution in [-0.4, -0.2) is 6.04 Å². The van der Waals surface area contributed by atoms with Crippen LogP contribution in [0.2, 0.25) is 0 Å². The number of unbranched alkanes of at least 4 members (excludes halogenated alkanes) is 1. The van der Waals surface area contributed by atoms with Gasteiger partial charge in [0.25, 0.3) is 0 Å². The van der Waals surface area contributed by atoms with Gasteiger partial charge >= 0.3 is 0 Å². The van der Waals surface area contributed by atoms with Crippen LogP contribution in [0.1, 0.15) is 84.5 Å². The third kappa shape index (κ3) is 4.85. The monoisotopic (exact) mass is 263 g/mol. The zero-order valence-corrected chi connectivity index (χ0v) is 13.1. The minimum absolute atomic E-state index is 0.757. The summed E-state index contributed by atoms with van der Waals surface area (Å²) in [5.74, 6) is 2.13. The van der Waals surface area contributed by atoms with Gasteiger partial charge in [0.2, 0.25) is 0 Å². The van der Waals surface area contributed by atoms with Crippen LogP contribution < -0.4 is 5.32 Å². The Balaban J connectivity index is 1.69. The van der Waals surface area contributed by atoms with Gasteiger partial charge < -0.3 is 5.32 Å². The molecule has 0 amide bonds. The van der Waals surface area contributed by atoms with Crippen LogP contribution in [0.4, 0.5) is 0 Å². The third-order valence-electron chi connectivity index (χ3n) is 5.26. The lowest BCUT2D eigenvalue weighted by atomic mass is 9.72. The van der Waals surface area contributed by atoms with Crippen molar-refractivity contribution in [3.8, 4) is 0 Å². The Kier molecular flexibility index (Phi) is 6.26. The van der Waals surface area contributed by atoms with Gasteiger partial charge in [-0.1, -0.05) is 51.5 Å². The first kappa shape index (κ1) is 14.9. The Morgan fingerprint density at radius 1 is 0.947 bits per heavy atom. The normalized spacial score (nSPS) is 30.3. The molecule has 2 fully saturated rings. The summed E-state index contributed by atoms with van der Waals surface area (Å²) in [5.41, 5.74) is 1.41. The largest absolute Gasteiger partial charge is 0.386 e. The van der Waals surface area contributed by atoms with Crippen molar-refractivity contribution in [2.24, 2.45) is 11.8 Å². The Labute approximate surface area is 120 Å². The average Bonchev–Trinajstić information content (AvgIpc) is 2.47. The van der Waals surface area contributed by atoms with Crippen molar-refractivity contribution in [1.82, 2.24) is 5.32 Å². The summed E-state index contributed by atoms with van der Waals surface area (Å²) in [6, 6.07) is 0.757. The van der Waals surface area contributed by atoms with Crippen molar-refractivity contribution in [1.29, 1.82) is 0 Å². The molecule has 1 nitrogen and oxygen atoms in total. The first-order chi connectivity index (χ1) is 9.29. The molecule has 0 aromatic rings. The van der Waals surface area contributed by atoms with Crippen LogP contribution >= 0.6 is 0 Å². The van der Waals surface area contributed by atoms with Crippen molar-refractivity contribution in [2.45, 2.75) is 90.5 Å². The molecule has 0 aliphatic heterocycles. The second kappa shape index (κ2) is 7.97. The molecule has 0 radical (unpaired) electrons. The van der Waals surface area contributed by atoms with Crippen molar-refractivity contribution in [3.05, 3.63) is 11.8 Å². The Morgan fingerprint density at radius 2 is 1.58 bits per heavy atom. The van der Waals surface area contributed by atoms with Crippen LogP contribution in [0.3, 0.4) is 0 Å². The van der Waals surface area contributed by atoms with E-state index in [1.54, 1.807) is 0 Å². The van der Waals surface area contributed by atoms with Gasteiger partial charge in [0.15, 0.2) is 0 Å². The zero-order valence-electron chi connectivity index (χ0n) is 13.1. The van der Waals surface area contributed by atoms with E-state index in [0.29, 0.717) is 0 Å². The van der Waals surface area contributed by atoms with Crippen molar-refractivity contribution in [2.75, 3.05) is 0 Å². The van der Waals surface area contributed by atoms with Crippen LogP contribution in [-0.2, 0) is 0 Å². The van der Waals surface area contributed by atoms with Crippen molar-refractivity contribution >= 4 is 0 Å². The van der Waals surface area contributed by atoms with Crippen molar-refractivity contribution < 1.29 is 0 Å². The van der Waals surface area contributed by atoms with E-state index < -0.39 is 0 Å². The molecule has 1 heteroatoms. The van der Waals surface area contributed by atoms with Gasteiger partial charge in [0.1, 0.15) is 0 Å². The van der Waals surface area contributed by atoms with Gasteiger partial charge in [-0.05, 0) is 50.9 Å². The summed E-state index contributed by atoms with van der Waals surface area (Å²) in [6.45, 7) is 4.49. The maximum Gasteiger partial charge on any atom is 0.0258 e. The molecule has 0 bridgehead atoms. The molecular weight excluding hydrogens is 230 g/mol. The first-order valence-electron chi connectivity index (χ1n) is 8.73. The SMILES string of the molecule is CCC/C=C(\C)NC1CCC(C2CCCCC2)CC1. The van der Waals surface area contributed by atoms with Crippen LogP contribution in [0, 0.1) is 11.8 Å². The van der Waals surface area contributed by atoms with Gasteiger partial charge in [0.05, 0.1) is 0 Å². The third-order valence-corrected chi connectivity index (χ3v) is 5.26. The Morgan fingerprint density at radius 3 is 2.21 bits per heavy atom. The fourth-order valence-corrected chi connectivity index (χ4v) is 4.08. The molecule has 0 atom stereocenters. The summed E-state index contributed by atoms with van der Waals surface area (Å²) in [4.78, 5) is 0. The molecule has 110 valence electrons. The first-order valence-corrected chi connectivity index (χ1v) is 8.73. The van der Waals surface area contributed by atoms with Gasteiger partial charge in [-0.25, -0.2) is 0 Å². The van der Waals surface area contributed by atoms with E-state index in [9.17, 15) is 0 Å². The highest BCUT2D eigenvalue weighted by atomic mass is 14.9. The number of hydrogen-bond donors (Lipinski definition) is 1. The van der Waals surface area contributed by atoms with E-state index in [1.165, 1.54) is 76.3 Å². The van der Waals surface area contributed by atoms with E-state index >= 15 is 0 Å². The molecular formula is C18H33N. The molecule has 0 unspecified atom stereocenters. The highest BCUT2D eigenvalue weighted by Crippen LogP contribution is 2.38. The summed E-state index contributed by atoms with van der Waals surface area (Å²) in [5, 5.41) is 3.74. The fraction of sp³-hybridized carbons (Fsp3) is 0.889. The van der Waals surface area contributed by atoms with E-state index in [1.807, 2.05) is 0 Å². The van der Waals surface area contributed by atoms with Crippen LogP contribution in [0.25, 0.3) is 0 Å². The molecule has 2 aliphatic carbocycles. The van der Waals surface area contributed by atoms with Gasteiger partial charge in [0, 0.05) is 11.7 Å². The minimum Gasteiger partial charge on any atom is -0.386 e. The van der Waals surface area contributed by atoms with E-state index in [4.69, 9.17) is 0 Å². The zero-order chi connectivity index (χ0) is 13.5. The molecule has 0 aromatic heterocycles.